The van der Waals surface area contributed by atoms with Crippen molar-refractivity contribution in [1.29, 1.82) is 0 Å². The molecule has 0 aliphatic rings. The maximum Gasteiger partial charge on any atom is 0.326 e. The Morgan fingerprint density at radius 2 is 1.09 bits per heavy atom. The summed E-state index contributed by atoms with van der Waals surface area (Å²) in [5.74, 6) is -6.84. The second-order valence-electron chi connectivity index (χ2n) is 19.0. The van der Waals surface area contributed by atoms with Crippen molar-refractivity contribution < 1.29 is 54.0 Å². The second-order valence-corrected chi connectivity index (χ2v) is 19.3. The number of anilines is 1. The topological polar surface area (TPSA) is 368 Å². The molecule has 0 aliphatic carbocycles. The van der Waals surface area contributed by atoms with Crippen LogP contribution in [0, 0.1) is 5.92 Å². The lowest BCUT2D eigenvalue weighted by atomic mass is 9.96. The number of rotatable bonds is 28. The third-order valence-corrected chi connectivity index (χ3v) is 13.5. The van der Waals surface area contributed by atoms with Crippen molar-refractivity contribution in [3.8, 4) is 28.5 Å². The van der Waals surface area contributed by atoms with Crippen LogP contribution in [0.25, 0.3) is 22.3 Å². The largest absolute Gasteiger partial charge is 0.508 e. The summed E-state index contributed by atoms with van der Waals surface area (Å²) < 4.78 is 1.34. The summed E-state index contributed by atoms with van der Waals surface area (Å²) in [7, 11) is 0. The van der Waals surface area contributed by atoms with E-state index in [1.165, 1.54) is 83.8 Å². The first kappa shape index (κ1) is 59.5. The van der Waals surface area contributed by atoms with Crippen molar-refractivity contribution in [3.05, 3.63) is 126 Å². The molecule has 418 valence electrons. The summed E-state index contributed by atoms with van der Waals surface area (Å²) in [6.07, 6.45) is 1.88. The van der Waals surface area contributed by atoms with E-state index in [0.717, 1.165) is 0 Å². The molecule has 24 heteroatoms. The number of fused-ring (bicyclic) bond motifs is 1. The Kier molecular flexibility index (Phi) is 21.5. The molecule has 0 aliphatic heterocycles. The number of phenols is 3. The van der Waals surface area contributed by atoms with Crippen LogP contribution in [0.5, 0.6) is 17.2 Å². The van der Waals surface area contributed by atoms with Gasteiger partial charge in [-0.05, 0) is 84.8 Å². The Morgan fingerprint density at radius 1 is 0.608 bits per heavy atom. The molecule has 0 fully saturated rings. The molecule has 2 heterocycles. The van der Waals surface area contributed by atoms with E-state index in [1.807, 2.05) is 30.3 Å². The molecule has 6 amide bonds. The van der Waals surface area contributed by atoms with E-state index in [4.69, 9.17) is 11.5 Å². The fraction of sp³-hybridized carbons (Fsp3) is 0.345. The molecule has 4 aromatic carbocycles. The highest BCUT2D eigenvalue weighted by Gasteiger charge is 2.35. The number of carbonyl (C=O) groups is 7. The summed E-state index contributed by atoms with van der Waals surface area (Å²) >= 11 is 4.35. The molecule has 0 saturated carbocycles. The standard InChI is InChI=1S/C55H66N12O11S/c1-3-31(2)46(65-53(75)43(29-79)60-44(71)28-67-49-45(48(57)58-30-59-49)47(66-67)35-9-5-4-6-10-35)54(76)63-41(26-33-14-20-37(69)21-15-33)51(73)61-39(11-7-8-24-56)50(72)62-40(25-32-12-18-36(68)19-13-32)52(74)64-42(55(77)78)27-34-16-22-38(70)23-17-34/h4-6,9-10,12-23,30-31,39-43,46,68-70,79H,3,7-8,11,24-29,56H2,1-2H3,(H,60,71)(H,61,73)(H,62,72)(H,63,76)(H,64,74)(H,65,75)(H,77,78)(H2,57,58,59). The number of hydrogen-bond donors (Lipinski definition) is 13. The van der Waals surface area contributed by atoms with Gasteiger partial charge in [0.25, 0.3) is 0 Å². The lowest BCUT2D eigenvalue weighted by molar-refractivity contribution is -0.142. The Bertz CT molecular complexity index is 3060. The summed E-state index contributed by atoms with van der Waals surface area (Å²) in [5.41, 5.74) is 14.9. The van der Waals surface area contributed by atoms with Gasteiger partial charge in [-0.25, -0.2) is 19.4 Å². The molecular formula is C55H66N12O11S. The monoisotopic (exact) mass is 1100 g/mol. The third-order valence-electron chi connectivity index (χ3n) is 13.1. The zero-order chi connectivity index (χ0) is 57.2. The van der Waals surface area contributed by atoms with E-state index in [1.54, 1.807) is 13.8 Å². The number of phenolic OH excluding ortho intramolecular Hbond substituents is 3. The number of carboxylic acid groups (broad SMARTS) is 1. The van der Waals surface area contributed by atoms with Crippen LogP contribution in [0.3, 0.4) is 0 Å². The molecule has 0 saturated heterocycles. The first-order valence-electron chi connectivity index (χ1n) is 25.6. The zero-order valence-corrected chi connectivity index (χ0v) is 44.4. The number of benzene rings is 4. The lowest BCUT2D eigenvalue weighted by Crippen LogP contribution is -2.61. The number of thiol groups is 1. The minimum atomic E-state index is -1.47. The Morgan fingerprint density at radius 3 is 1.59 bits per heavy atom. The number of carbonyl (C=O) groups excluding carboxylic acids is 6. The highest BCUT2D eigenvalue weighted by atomic mass is 32.1. The number of aliphatic carboxylic acids is 1. The van der Waals surface area contributed by atoms with Crippen molar-refractivity contribution in [2.75, 3.05) is 18.0 Å². The van der Waals surface area contributed by atoms with E-state index in [-0.39, 0.29) is 73.2 Å². The van der Waals surface area contributed by atoms with E-state index < -0.39 is 83.6 Å². The number of unbranched alkanes of at least 4 members (excludes halogenated alkanes) is 1. The molecule has 2 aromatic heterocycles. The van der Waals surface area contributed by atoms with Gasteiger partial charge in [-0.2, -0.15) is 17.7 Å². The van der Waals surface area contributed by atoms with Gasteiger partial charge in [-0.3, -0.25) is 28.8 Å². The van der Waals surface area contributed by atoms with Crippen LogP contribution < -0.4 is 43.4 Å². The molecule has 79 heavy (non-hydrogen) atoms. The highest BCUT2D eigenvalue weighted by molar-refractivity contribution is 7.80. The van der Waals surface area contributed by atoms with Crippen LogP contribution in [-0.4, -0.2) is 130 Å². The smallest absolute Gasteiger partial charge is 0.326 e. The Labute approximate surface area is 460 Å². The van der Waals surface area contributed by atoms with Gasteiger partial charge in [0.15, 0.2) is 5.65 Å². The molecular weight excluding hydrogens is 1040 g/mol. The van der Waals surface area contributed by atoms with Gasteiger partial charge in [-0.1, -0.05) is 87.0 Å². The van der Waals surface area contributed by atoms with Crippen LogP contribution in [0.15, 0.2) is 109 Å². The molecule has 23 nitrogen and oxygen atoms in total. The van der Waals surface area contributed by atoms with Crippen LogP contribution in [0.4, 0.5) is 5.82 Å². The molecule has 14 N–H and O–H groups in total. The number of nitrogens with two attached hydrogens (primary N) is 2. The van der Waals surface area contributed by atoms with Crippen LogP contribution in [-0.2, 0) is 59.4 Å². The minimum Gasteiger partial charge on any atom is -0.508 e. The number of amides is 6. The van der Waals surface area contributed by atoms with Gasteiger partial charge in [-0.15, -0.1) is 0 Å². The molecule has 6 rings (SSSR count). The summed E-state index contributed by atoms with van der Waals surface area (Å²) in [6, 6.07) is 18.3. The number of nitrogen functional groups attached to an aromatic ring is 1. The van der Waals surface area contributed by atoms with Gasteiger partial charge < -0.3 is 63.8 Å². The van der Waals surface area contributed by atoms with Crippen molar-refractivity contribution in [3.63, 3.8) is 0 Å². The average Bonchev–Trinajstić information content (AvgIpc) is 3.98. The SMILES string of the molecule is CCC(C)C(NC(=O)C(CS)NC(=O)Cn1nc(-c2ccccc2)c2c(N)ncnc21)C(=O)NC(Cc1ccc(O)cc1)C(=O)NC(CCCCN)C(=O)NC(Cc1ccc(O)cc1)C(=O)NC(Cc1ccc(O)cc1)C(=O)O. The maximum absolute atomic E-state index is 14.6. The van der Waals surface area contributed by atoms with E-state index in [2.05, 4.69) is 59.6 Å². The van der Waals surface area contributed by atoms with E-state index >= 15 is 0 Å². The minimum absolute atomic E-state index is 0.00970. The maximum atomic E-state index is 14.6. The lowest BCUT2D eigenvalue weighted by Gasteiger charge is -2.29. The van der Waals surface area contributed by atoms with Crippen LogP contribution in [0.2, 0.25) is 0 Å². The third kappa shape index (κ3) is 16.9. The average molecular weight is 1100 g/mol. The predicted octanol–water partition coefficient (Wildman–Crippen LogP) is 2.02. The van der Waals surface area contributed by atoms with Crippen LogP contribution >= 0.6 is 12.6 Å². The fourth-order valence-electron chi connectivity index (χ4n) is 8.53. The van der Waals surface area contributed by atoms with Gasteiger partial charge in [0, 0.05) is 30.6 Å². The van der Waals surface area contributed by atoms with Gasteiger partial charge in [0.1, 0.15) is 77.9 Å². The summed E-state index contributed by atoms with van der Waals surface area (Å²) in [5, 5.41) is 61.0. The van der Waals surface area contributed by atoms with Gasteiger partial charge in [0.05, 0.1) is 5.39 Å². The first-order valence-corrected chi connectivity index (χ1v) is 26.2. The Hall–Kier alpha value is -8.77. The number of nitrogens with zero attached hydrogens (tertiary/aromatic N) is 4. The van der Waals surface area contributed by atoms with Crippen molar-refractivity contribution in [1.82, 2.24) is 51.6 Å². The fourth-order valence-corrected chi connectivity index (χ4v) is 8.78. The van der Waals surface area contributed by atoms with Crippen molar-refractivity contribution in [2.45, 2.75) is 102 Å². The van der Waals surface area contributed by atoms with Crippen molar-refractivity contribution in [2.24, 2.45) is 11.7 Å². The van der Waals surface area contributed by atoms with Gasteiger partial charge >= 0.3 is 5.97 Å². The zero-order valence-electron chi connectivity index (χ0n) is 43.5. The number of carboxylic acids is 1. The molecule has 7 unspecified atom stereocenters. The quantitative estimate of drug-likeness (QED) is 0.0247. The molecule has 7 atom stereocenters. The van der Waals surface area contributed by atoms with E-state index in [9.17, 15) is 54.0 Å². The summed E-state index contributed by atoms with van der Waals surface area (Å²) in [4.78, 5) is 106. The number of nitrogens with one attached hydrogen (secondary N) is 6. The molecule has 6 aromatic rings. The van der Waals surface area contributed by atoms with Crippen molar-refractivity contribution >= 4 is 70.9 Å². The highest BCUT2D eigenvalue weighted by Crippen LogP contribution is 2.30. The first-order chi connectivity index (χ1) is 37.9. The normalized spacial score (nSPS) is 13.8. The molecule has 0 spiro atoms. The number of aromatic hydroxyl groups is 3. The molecule has 0 radical (unpaired) electrons. The second kappa shape index (κ2) is 28.6. The number of hydrogen-bond acceptors (Lipinski definition) is 16. The van der Waals surface area contributed by atoms with E-state index in [0.29, 0.717) is 52.6 Å². The van der Waals surface area contributed by atoms with Gasteiger partial charge in [0.2, 0.25) is 35.4 Å². The summed E-state index contributed by atoms with van der Waals surface area (Å²) in [6.45, 7) is 3.36. The number of aromatic nitrogens is 4. The van der Waals surface area contributed by atoms with Crippen LogP contribution in [0.1, 0.15) is 56.2 Å². The Balaban J connectivity index is 1.21. The predicted molar refractivity (Wildman–Crippen MR) is 296 cm³/mol. The molecule has 0 bridgehead atoms.